The minimum absolute atomic E-state index is 0.165. The summed E-state index contributed by atoms with van der Waals surface area (Å²) in [5.74, 6) is 0.206. The molecule has 30 heavy (non-hydrogen) atoms. The minimum Gasteiger partial charge on any atom is -0.493 e. The standard InChI is InChI=1S/C22H26N2O5S/c1-7-24-18-12-20(29-6)19(28-5)11-17(18)15(4)21(30(24,26)27)22(25)23-16-9-13(2)8-14(3)10-16/h8-12H,7H2,1-6H3,(H,23,25). The Balaban J connectivity index is 2.18. The summed E-state index contributed by atoms with van der Waals surface area (Å²) in [4.78, 5) is 12.9. The first-order chi connectivity index (χ1) is 14.1. The SMILES string of the molecule is CCN1c2cc(OC)c(OC)cc2C(C)=C(C(=O)Nc2cc(C)cc(C)c2)S1(=O)=O. The van der Waals surface area contributed by atoms with Crippen molar-refractivity contribution < 1.29 is 22.7 Å². The molecule has 2 aromatic carbocycles. The number of sulfonamides is 1. The molecule has 2 aromatic rings. The van der Waals surface area contributed by atoms with Gasteiger partial charge in [-0.25, -0.2) is 8.42 Å². The average Bonchev–Trinajstić information content (AvgIpc) is 2.66. The normalized spacial score (nSPS) is 14.9. The molecule has 1 N–H and O–H groups in total. The van der Waals surface area contributed by atoms with E-state index in [2.05, 4.69) is 5.32 Å². The van der Waals surface area contributed by atoms with Gasteiger partial charge in [-0.3, -0.25) is 9.10 Å². The van der Waals surface area contributed by atoms with Crippen molar-refractivity contribution in [1.82, 2.24) is 0 Å². The number of nitrogens with one attached hydrogen (secondary N) is 1. The van der Waals surface area contributed by atoms with Crippen LogP contribution in [0.5, 0.6) is 11.5 Å². The van der Waals surface area contributed by atoms with Crippen LogP contribution in [0.1, 0.15) is 30.5 Å². The number of anilines is 2. The molecular weight excluding hydrogens is 404 g/mol. The van der Waals surface area contributed by atoms with E-state index in [-0.39, 0.29) is 11.4 Å². The van der Waals surface area contributed by atoms with Crippen LogP contribution in [0.15, 0.2) is 35.2 Å². The molecule has 0 saturated carbocycles. The van der Waals surface area contributed by atoms with Crippen molar-refractivity contribution in [3.63, 3.8) is 0 Å². The molecule has 0 aromatic heterocycles. The van der Waals surface area contributed by atoms with E-state index in [4.69, 9.17) is 9.47 Å². The maximum atomic E-state index is 13.4. The van der Waals surface area contributed by atoms with Crippen LogP contribution in [0.2, 0.25) is 0 Å². The molecule has 1 aliphatic heterocycles. The van der Waals surface area contributed by atoms with E-state index in [0.29, 0.717) is 34.0 Å². The first-order valence-corrected chi connectivity index (χ1v) is 11.0. The molecule has 0 bridgehead atoms. The van der Waals surface area contributed by atoms with Crippen LogP contribution in [0.4, 0.5) is 11.4 Å². The lowest BCUT2D eigenvalue weighted by atomic mass is 10.0. The van der Waals surface area contributed by atoms with Crippen molar-refractivity contribution in [2.24, 2.45) is 0 Å². The summed E-state index contributed by atoms with van der Waals surface area (Å²) in [6.45, 7) is 7.35. The second kappa shape index (κ2) is 8.02. The van der Waals surface area contributed by atoms with E-state index in [9.17, 15) is 13.2 Å². The number of nitrogens with zero attached hydrogens (tertiary/aromatic N) is 1. The molecular formula is C22H26N2O5S. The fraction of sp³-hybridized carbons (Fsp3) is 0.318. The zero-order valence-electron chi connectivity index (χ0n) is 18.0. The van der Waals surface area contributed by atoms with Crippen molar-refractivity contribution in [1.29, 1.82) is 0 Å². The van der Waals surface area contributed by atoms with Gasteiger partial charge in [0.2, 0.25) is 0 Å². The lowest BCUT2D eigenvalue weighted by Gasteiger charge is -2.32. The summed E-state index contributed by atoms with van der Waals surface area (Å²) in [5.41, 5.74) is 3.91. The fourth-order valence-corrected chi connectivity index (χ4v) is 5.55. The average molecular weight is 431 g/mol. The Bertz CT molecular complexity index is 1130. The van der Waals surface area contributed by atoms with E-state index >= 15 is 0 Å². The number of carbonyl (C=O) groups is 1. The Kier molecular flexibility index (Phi) is 5.81. The largest absolute Gasteiger partial charge is 0.493 e. The third-order valence-corrected chi connectivity index (χ3v) is 7.08. The van der Waals surface area contributed by atoms with E-state index in [1.165, 1.54) is 18.5 Å². The highest BCUT2D eigenvalue weighted by Crippen LogP contribution is 2.44. The van der Waals surface area contributed by atoms with Gasteiger partial charge in [-0.2, -0.15) is 0 Å². The van der Waals surface area contributed by atoms with Crippen LogP contribution in [-0.4, -0.2) is 35.1 Å². The van der Waals surface area contributed by atoms with Gasteiger partial charge in [0.05, 0.1) is 19.9 Å². The Labute approximate surface area is 177 Å². The number of carbonyl (C=O) groups excluding carboxylic acids is 1. The summed E-state index contributed by atoms with van der Waals surface area (Å²) in [6, 6.07) is 8.90. The van der Waals surface area contributed by atoms with Gasteiger partial charge >= 0.3 is 0 Å². The maximum Gasteiger partial charge on any atom is 0.270 e. The molecule has 0 aliphatic carbocycles. The van der Waals surface area contributed by atoms with E-state index < -0.39 is 15.9 Å². The number of allylic oxidation sites excluding steroid dienone is 1. The number of hydrogen-bond donors (Lipinski definition) is 1. The third-order valence-electron chi connectivity index (χ3n) is 5.04. The van der Waals surface area contributed by atoms with E-state index in [1.54, 1.807) is 38.1 Å². The van der Waals surface area contributed by atoms with Crippen molar-refractivity contribution in [2.45, 2.75) is 27.7 Å². The summed E-state index contributed by atoms with van der Waals surface area (Å²) < 4.78 is 38.7. The number of amides is 1. The molecule has 0 unspecified atom stereocenters. The van der Waals surface area contributed by atoms with Gasteiger partial charge in [0.15, 0.2) is 16.4 Å². The van der Waals surface area contributed by atoms with Crippen LogP contribution < -0.4 is 19.1 Å². The van der Waals surface area contributed by atoms with Crippen LogP contribution in [0.25, 0.3) is 5.57 Å². The topological polar surface area (TPSA) is 84.9 Å². The summed E-state index contributed by atoms with van der Waals surface area (Å²) in [5, 5.41) is 2.75. The van der Waals surface area contributed by atoms with Crippen LogP contribution in [0.3, 0.4) is 0 Å². The zero-order valence-corrected chi connectivity index (χ0v) is 18.8. The van der Waals surface area contributed by atoms with Crippen LogP contribution >= 0.6 is 0 Å². The number of hydrogen-bond acceptors (Lipinski definition) is 5. The van der Waals surface area contributed by atoms with Gasteiger partial charge in [0.1, 0.15) is 0 Å². The number of benzene rings is 2. The molecule has 0 atom stereocenters. The van der Waals surface area contributed by atoms with E-state index in [0.717, 1.165) is 11.1 Å². The third kappa shape index (κ3) is 3.63. The molecule has 1 amide bonds. The maximum absolute atomic E-state index is 13.4. The van der Waals surface area contributed by atoms with Gasteiger partial charge < -0.3 is 14.8 Å². The molecule has 1 aliphatic rings. The number of ether oxygens (including phenoxy) is 2. The molecule has 0 spiro atoms. The van der Waals surface area contributed by atoms with Crippen molar-refractivity contribution in [3.8, 4) is 11.5 Å². The van der Waals surface area contributed by atoms with Gasteiger partial charge in [-0.15, -0.1) is 0 Å². The smallest absolute Gasteiger partial charge is 0.270 e. The predicted octanol–water partition coefficient (Wildman–Crippen LogP) is 3.86. The Morgan fingerprint density at radius 2 is 1.53 bits per heavy atom. The number of methoxy groups -OCH3 is 2. The molecule has 3 rings (SSSR count). The van der Waals surface area contributed by atoms with Crippen LogP contribution in [0, 0.1) is 13.8 Å². The van der Waals surface area contributed by atoms with Crippen molar-refractivity contribution >= 4 is 32.9 Å². The first-order valence-electron chi connectivity index (χ1n) is 9.53. The van der Waals surface area contributed by atoms with E-state index in [1.807, 2.05) is 19.9 Å². The molecule has 0 radical (unpaired) electrons. The second-order valence-electron chi connectivity index (χ2n) is 7.18. The highest BCUT2D eigenvalue weighted by atomic mass is 32.2. The first kappa shape index (κ1) is 21.7. The zero-order chi connectivity index (χ0) is 22.2. The number of rotatable bonds is 5. The Hall–Kier alpha value is -3.00. The molecule has 0 saturated heterocycles. The van der Waals surface area contributed by atoms with Crippen molar-refractivity contribution in [3.05, 3.63) is 51.9 Å². The summed E-state index contributed by atoms with van der Waals surface area (Å²) >= 11 is 0. The fourth-order valence-electron chi connectivity index (χ4n) is 3.79. The lowest BCUT2D eigenvalue weighted by Crippen LogP contribution is -2.39. The van der Waals surface area contributed by atoms with Gasteiger partial charge in [0.25, 0.3) is 15.9 Å². The van der Waals surface area contributed by atoms with Gasteiger partial charge in [-0.1, -0.05) is 6.07 Å². The number of fused-ring (bicyclic) bond motifs is 1. The lowest BCUT2D eigenvalue weighted by molar-refractivity contribution is -0.112. The molecule has 0 fully saturated rings. The summed E-state index contributed by atoms with van der Waals surface area (Å²) in [6.07, 6.45) is 0. The van der Waals surface area contributed by atoms with Crippen molar-refractivity contribution in [2.75, 3.05) is 30.4 Å². The monoisotopic (exact) mass is 430 g/mol. The van der Waals surface area contributed by atoms with Gasteiger partial charge in [0, 0.05) is 23.9 Å². The predicted molar refractivity (Wildman–Crippen MR) is 119 cm³/mol. The summed E-state index contributed by atoms with van der Waals surface area (Å²) in [7, 11) is -1.06. The highest BCUT2D eigenvalue weighted by Gasteiger charge is 2.39. The van der Waals surface area contributed by atoms with Crippen LogP contribution in [-0.2, 0) is 14.8 Å². The molecule has 1 heterocycles. The Morgan fingerprint density at radius 3 is 2.07 bits per heavy atom. The molecule has 8 heteroatoms. The highest BCUT2D eigenvalue weighted by molar-refractivity contribution is 7.97. The quantitative estimate of drug-likeness (QED) is 0.779. The van der Waals surface area contributed by atoms with Gasteiger partial charge in [-0.05, 0) is 62.6 Å². The molecule has 160 valence electrons. The Morgan fingerprint density at radius 1 is 0.967 bits per heavy atom. The second-order valence-corrected chi connectivity index (χ2v) is 8.98. The minimum atomic E-state index is -4.06. The number of aryl methyl sites for hydroxylation is 2. The molecule has 7 nitrogen and oxygen atoms in total.